The topological polar surface area (TPSA) is 35.8 Å². The minimum absolute atomic E-state index is 0.481. The van der Waals surface area contributed by atoms with Gasteiger partial charge >= 0.3 is 0 Å². The Morgan fingerprint density at radius 1 is 1.41 bits per heavy atom. The Bertz CT molecular complexity index is 456. The molecule has 0 spiro atoms. The number of hydrogen-bond acceptors (Lipinski definition) is 2. The third-order valence-corrected chi connectivity index (χ3v) is 4.25. The number of benzene rings is 1. The SMILES string of the molecule is CC(C)C1(CNc2cc(Br)cc(C#N)c2)CC1. The molecule has 0 radical (unpaired) electrons. The van der Waals surface area contributed by atoms with E-state index in [1.807, 2.05) is 18.2 Å². The van der Waals surface area contributed by atoms with Crippen LogP contribution in [0.3, 0.4) is 0 Å². The molecular formula is C14H17BrN2. The fourth-order valence-corrected chi connectivity index (χ4v) is 2.65. The molecule has 0 aromatic heterocycles. The van der Waals surface area contributed by atoms with E-state index in [4.69, 9.17) is 5.26 Å². The Morgan fingerprint density at radius 2 is 2.12 bits per heavy atom. The van der Waals surface area contributed by atoms with Crippen molar-refractivity contribution in [1.82, 2.24) is 0 Å². The summed E-state index contributed by atoms with van der Waals surface area (Å²) in [7, 11) is 0. The van der Waals surface area contributed by atoms with E-state index in [0.717, 1.165) is 22.6 Å². The first-order chi connectivity index (χ1) is 8.05. The summed E-state index contributed by atoms with van der Waals surface area (Å²) in [5.41, 5.74) is 2.20. The average molecular weight is 293 g/mol. The molecule has 0 saturated heterocycles. The monoisotopic (exact) mass is 292 g/mol. The molecule has 2 nitrogen and oxygen atoms in total. The van der Waals surface area contributed by atoms with Gasteiger partial charge in [0.1, 0.15) is 0 Å². The van der Waals surface area contributed by atoms with Crippen molar-refractivity contribution >= 4 is 21.6 Å². The van der Waals surface area contributed by atoms with Gasteiger partial charge < -0.3 is 5.32 Å². The van der Waals surface area contributed by atoms with Crippen molar-refractivity contribution in [2.45, 2.75) is 26.7 Å². The number of anilines is 1. The van der Waals surface area contributed by atoms with Crippen molar-refractivity contribution in [3.8, 4) is 6.07 Å². The summed E-state index contributed by atoms with van der Waals surface area (Å²) in [6.07, 6.45) is 2.63. The molecule has 3 heteroatoms. The predicted octanol–water partition coefficient (Wildman–Crippen LogP) is 4.17. The van der Waals surface area contributed by atoms with Gasteiger partial charge in [-0.3, -0.25) is 0 Å². The van der Waals surface area contributed by atoms with Crippen molar-refractivity contribution in [3.63, 3.8) is 0 Å². The van der Waals surface area contributed by atoms with E-state index in [1.54, 1.807) is 0 Å². The fourth-order valence-electron chi connectivity index (χ4n) is 2.15. The second-order valence-electron chi connectivity index (χ2n) is 5.21. The zero-order chi connectivity index (χ0) is 12.5. The number of nitriles is 1. The minimum atomic E-state index is 0.481. The molecule has 0 heterocycles. The van der Waals surface area contributed by atoms with E-state index in [9.17, 15) is 0 Å². The second-order valence-corrected chi connectivity index (χ2v) is 6.13. The van der Waals surface area contributed by atoms with Gasteiger partial charge in [-0.2, -0.15) is 5.26 Å². The molecule has 1 aliphatic carbocycles. The van der Waals surface area contributed by atoms with Crippen LogP contribution in [0.1, 0.15) is 32.3 Å². The van der Waals surface area contributed by atoms with E-state index >= 15 is 0 Å². The summed E-state index contributed by atoms with van der Waals surface area (Å²) in [4.78, 5) is 0. The van der Waals surface area contributed by atoms with Crippen molar-refractivity contribution in [3.05, 3.63) is 28.2 Å². The van der Waals surface area contributed by atoms with Crippen molar-refractivity contribution in [2.75, 3.05) is 11.9 Å². The molecule has 17 heavy (non-hydrogen) atoms. The molecule has 1 aromatic carbocycles. The molecule has 0 amide bonds. The highest BCUT2D eigenvalue weighted by Crippen LogP contribution is 2.51. The summed E-state index contributed by atoms with van der Waals surface area (Å²) in [5, 5.41) is 12.4. The maximum Gasteiger partial charge on any atom is 0.0992 e. The van der Waals surface area contributed by atoms with Gasteiger partial charge in [0.15, 0.2) is 0 Å². The molecule has 0 atom stereocenters. The van der Waals surface area contributed by atoms with E-state index in [-0.39, 0.29) is 0 Å². The number of nitrogens with zero attached hydrogens (tertiary/aromatic N) is 1. The van der Waals surface area contributed by atoms with Gasteiger partial charge in [-0.05, 0) is 42.4 Å². The molecule has 1 aromatic rings. The van der Waals surface area contributed by atoms with Crippen LogP contribution in [0.15, 0.2) is 22.7 Å². The normalized spacial score (nSPS) is 16.6. The minimum Gasteiger partial charge on any atom is -0.384 e. The zero-order valence-electron chi connectivity index (χ0n) is 10.3. The Kier molecular flexibility index (Phi) is 3.44. The molecule has 0 aliphatic heterocycles. The lowest BCUT2D eigenvalue weighted by molar-refractivity contribution is 0.380. The lowest BCUT2D eigenvalue weighted by Gasteiger charge is -2.20. The van der Waals surface area contributed by atoms with Crippen molar-refractivity contribution in [2.24, 2.45) is 11.3 Å². The van der Waals surface area contributed by atoms with Gasteiger partial charge in [-0.1, -0.05) is 29.8 Å². The maximum atomic E-state index is 8.92. The molecule has 0 unspecified atom stereocenters. The van der Waals surface area contributed by atoms with Gasteiger partial charge in [0.25, 0.3) is 0 Å². The highest BCUT2D eigenvalue weighted by molar-refractivity contribution is 9.10. The largest absolute Gasteiger partial charge is 0.384 e. The Morgan fingerprint density at radius 3 is 2.65 bits per heavy atom. The summed E-state index contributed by atoms with van der Waals surface area (Å²) in [6, 6.07) is 7.94. The Labute approximate surface area is 111 Å². The van der Waals surface area contributed by atoms with Gasteiger partial charge in [-0.25, -0.2) is 0 Å². The molecule has 0 bridgehead atoms. The lowest BCUT2D eigenvalue weighted by Crippen LogP contribution is -2.20. The average Bonchev–Trinajstić information content (AvgIpc) is 3.06. The lowest BCUT2D eigenvalue weighted by atomic mass is 9.92. The molecule has 1 fully saturated rings. The highest BCUT2D eigenvalue weighted by atomic mass is 79.9. The first-order valence-corrected chi connectivity index (χ1v) is 6.80. The summed E-state index contributed by atoms with van der Waals surface area (Å²) < 4.78 is 0.952. The van der Waals surface area contributed by atoms with Crippen LogP contribution in [-0.4, -0.2) is 6.54 Å². The molecular weight excluding hydrogens is 276 g/mol. The predicted molar refractivity (Wildman–Crippen MR) is 73.9 cm³/mol. The maximum absolute atomic E-state index is 8.92. The summed E-state index contributed by atoms with van der Waals surface area (Å²) in [5.74, 6) is 0.720. The molecule has 2 rings (SSSR count). The van der Waals surface area contributed by atoms with E-state index in [2.05, 4.69) is 41.2 Å². The fraction of sp³-hybridized carbons (Fsp3) is 0.500. The Balaban J connectivity index is 2.05. The summed E-state index contributed by atoms with van der Waals surface area (Å²) in [6.45, 7) is 5.58. The standard InChI is InChI=1S/C14H17BrN2/c1-10(2)14(3-4-14)9-17-13-6-11(8-16)5-12(15)7-13/h5-7,10,17H,3-4,9H2,1-2H3. The van der Waals surface area contributed by atoms with Crippen LogP contribution in [0.5, 0.6) is 0 Å². The van der Waals surface area contributed by atoms with Gasteiger partial charge in [0.2, 0.25) is 0 Å². The molecule has 1 saturated carbocycles. The van der Waals surface area contributed by atoms with Crippen LogP contribution in [0.2, 0.25) is 0 Å². The van der Waals surface area contributed by atoms with Gasteiger partial charge in [-0.15, -0.1) is 0 Å². The molecule has 1 aliphatic rings. The Hall–Kier alpha value is -1.01. The first-order valence-electron chi connectivity index (χ1n) is 6.00. The number of rotatable bonds is 4. The van der Waals surface area contributed by atoms with Gasteiger partial charge in [0, 0.05) is 16.7 Å². The third kappa shape index (κ3) is 2.81. The van der Waals surface area contributed by atoms with Crippen LogP contribution in [0.25, 0.3) is 0 Å². The smallest absolute Gasteiger partial charge is 0.0992 e. The van der Waals surface area contributed by atoms with E-state index in [0.29, 0.717) is 11.0 Å². The van der Waals surface area contributed by atoms with Crippen LogP contribution in [-0.2, 0) is 0 Å². The summed E-state index contributed by atoms with van der Waals surface area (Å²) >= 11 is 3.43. The van der Waals surface area contributed by atoms with Crippen LogP contribution >= 0.6 is 15.9 Å². The number of nitrogens with one attached hydrogen (secondary N) is 1. The number of halogens is 1. The molecule has 1 N–H and O–H groups in total. The highest BCUT2D eigenvalue weighted by Gasteiger charge is 2.44. The van der Waals surface area contributed by atoms with Crippen LogP contribution in [0.4, 0.5) is 5.69 Å². The first kappa shape index (κ1) is 12.4. The zero-order valence-corrected chi connectivity index (χ0v) is 11.8. The van der Waals surface area contributed by atoms with Crippen LogP contribution < -0.4 is 5.32 Å². The molecule has 90 valence electrons. The van der Waals surface area contributed by atoms with Crippen molar-refractivity contribution in [1.29, 1.82) is 5.26 Å². The van der Waals surface area contributed by atoms with Gasteiger partial charge in [0.05, 0.1) is 11.6 Å². The van der Waals surface area contributed by atoms with E-state index in [1.165, 1.54) is 12.8 Å². The number of hydrogen-bond donors (Lipinski definition) is 1. The van der Waals surface area contributed by atoms with E-state index < -0.39 is 0 Å². The van der Waals surface area contributed by atoms with Crippen LogP contribution in [0, 0.1) is 22.7 Å². The quantitative estimate of drug-likeness (QED) is 0.904. The second kappa shape index (κ2) is 4.70. The van der Waals surface area contributed by atoms with Crippen molar-refractivity contribution < 1.29 is 0 Å². The third-order valence-electron chi connectivity index (χ3n) is 3.79.